The highest BCUT2D eigenvalue weighted by Gasteiger charge is 2.12. The summed E-state index contributed by atoms with van der Waals surface area (Å²) in [5.74, 6) is 7.77. The van der Waals surface area contributed by atoms with Crippen LogP contribution in [0, 0.1) is 11.8 Å². The fourth-order valence-corrected chi connectivity index (χ4v) is 3.29. The van der Waals surface area contributed by atoms with Crippen molar-refractivity contribution < 1.29 is 19.2 Å². The molecule has 34 heavy (non-hydrogen) atoms. The Morgan fingerprint density at radius 2 is 1.82 bits per heavy atom. The zero-order chi connectivity index (χ0) is 23.9. The first-order valence-electron chi connectivity index (χ1n) is 10.8. The first-order valence-corrected chi connectivity index (χ1v) is 10.8. The number of aromatic nitrogens is 3. The monoisotopic (exact) mass is 456 g/mol. The molecule has 2 aromatic heterocycles. The Bertz CT molecular complexity index is 1310. The van der Waals surface area contributed by atoms with Gasteiger partial charge in [-0.25, -0.2) is 4.98 Å². The van der Waals surface area contributed by atoms with Crippen LogP contribution in [0.4, 0.5) is 0 Å². The number of amides is 1. The summed E-state index contributed by atoms with van der Waals surface area (Å²) in [6.07, 6.45) is 2.97. The second kappa shape index (κ2) is 10.5. The van der Waals surface area contributed by atoms with Gasteiger partial charge in [0, 0.05) is 35.2 Å². The minimum atomic E-state index is -0.658. The van der Waals surface area contributed by atoms with Gasteiger partial charge >= 0.3 is 0 Å². The number of primary amides is 1. The lowest BCUT2D eigenvalue weighted by Crippen LogP contribution is -2.14. The minimum absolute atomic E-state index is 0.182. The molecule has 0 bridgehead atoms. The van der Waals surface area contributed by atoms with E-state index in [9.17, 15) is 9.90 Å². The fraction of sp³-hybridized carbons (Fsp3) is 0.192. The zero-order valence-electron chi connectivity index (χ0n) is 18.6. The van der Waals surface area contributed by atoms with Gasteiger partial charge in [0.2, 0.25) is 5.91 Å². The lowest BCUT2D eigenvalue weighted by molar-refractivity contribution is -0.118. The molecule has 0 saturated carbocycles. The van der Waals surface area contributed by atoms with Crippen molar-refractivity contribution in [1.82, 2.24) is 14.7 Å². The van der Waals surface area contributed by atoms with E-state index in [0.717, 1.165) is 22.4 Å². The SMILES string of the molecule is CC(O)c1nccn1Cc1cc(-c2ccc(C#Cc3ccc(OCCC(N)=O)cc3)cc2)on1. The van der Waals surface area contributed by atoms with Crippen molar-refractivity contribution in [2.24, 2.45) is 5.73 Å². The lowest BCUT2D eigenvalue weighted by atomic mass is 10.1. The Kier molecular flexibility index (Phi) is 7.06. The average molecular weight is 457 g/mol. The van der Waals surface area contributed by atoms with Gasteiger partial charge in [0.1, 0.15) is 23.4 Å². The van der Waals surface area contributed by atoms with Crippen molar-refractivity contribution in [2.45, 2.75) is 26.0 Å². The molecule has 3 N–H and O–H groups in total. The quantitative estimate of drug-likeness (QED) is 0.393. The van der Waals surface area contributed by atoms with E-state index in [1.165, 1.54) is 0 Å². The molecule has 0 fully saturated rings. The molecule has 8 heteroatoms. The van der Waals surface area contributed by atoms with Crippen molar-refractivity contribution in [3.8, 4) is 28.9 Å². The van der Waals surface area contributed by atoms with Gasteiger partial charge in [0.25, 0.3) is 0 Å². The smallest absolute Gasteiger partial charge is 0.220 e. The number of nitrogens with two attached hydrogens (primary N) is 1. The number of nitrogens with zero attached hydrogens (tertiary/aromatic N) is 3. The second-order valence-corrected chi connectivity index (χ2v) is 7.69. The zero-order valence-corrected chi connectivity index (χ0v) is 18.6. The standard InChI is InChI=1S/C26H24N4O4/c1-18(31)26-28-13-14-30(26)17-22-16-24(34-29-22)21-8-4-19(5-9-21)2-3-20-6-10-23(11-7-20)33-15-12-25(27)32/h4-11,13-14,16,18,31H,12,15,17H2,1H3,(H2,27,32). The molecule has 1 unspecified atom stereocenters. The third-order valence-corrected chi connectivity index (χ3v) is 5.00. The van der Waals surface area contributed by atoms with Gasteiger partial charge in [-0.3, -0.25) is 4.79 Å². The van der Waals surface area contributed by atoms with Crippen molar-refractivity contribution in [1.29, 1.82) is 0 Å². The first-order chi connectivity index (χ1) is 16.5. The maximum absolute atomic E-state index is 10.8. The van der Waals surface area contributed by atoms with Gasteiger partial charge in [0.15, 0.2) is 5.76 Å². The van der Waals surface area contributed by atoms with E-state index in [-0.39, 0.29) is 13.0 Å². The number of ether oxygens (including phenoxy) is 1. The molecule has 4 aromatic rings. The van der Waals surface area contributed by atoms with Crippen LogP contribution in [0.1, 0.15) is 42.1 Å². The summed E-state index contributed by atoms with van der Waals surface area (Å²) < 4.78 is 12.8. The molecule has 0 radical (unpaired) electrons. The summed E-state index contributed by atoms with van der Waals surface area (Å²) in [4.78, 5) is 14.9. The minimum Gasteiger partial charge on any atom is -0.493 e. The summed E-state index contributed by atoms with van der Waals surface area (Å²) in [6.45, 7) is 2.39. The highest BCUT2D eigenvalue weighted by Crippen LogP contribution is 2.22. The molecule has 1 amide bonds. The molecule has 4 rings (SSSR count). The summed E-state index contributed by atoms with van der Waals surface area (Å²) in [7, 11) is 0. The summed E-state index contributed by atoms with van der Waals surface area (Å²) in [6, 6.07) is 16.9. The van der Waals surface area contributed by atoms with Crippen LogP contribution in [0.5, 0.6) is 5.75 Å². The topological polar surface area (TPSA) is 116 Å². The molecule has 2 heterocycles. The first kappa shape index (κ1) is 22.8. The number of rotatable bonds is 8. The van der Waals surface area contributed by atoms with Crippen molar-refractivity contribution >= 4 is 5.91 Å². The number of hydrogen-bond donors (Lipinski definition) is 2. The molecule has 1 atom stereocenters. The molecule has 0 aliphatic rings. The summed E-state index contributed by atoms with van der Waals surface area (Å²) >= 11 is 0. The van der Waals surface area contributed by atoms with Gasteiger partial charge in [-0.15, -0.1) is 0 Å². The van der Waals surface area contributed by atoms with Crippen molar-refractivity contribution in [2.75, 3.05) is 6.61 Å². The molecule has 0 aliphatic carbocycles. The largest absolute Gasteiger partial charge is 0.493 e. The van der Waals surface area contributed by atoms with E-state index in [1.54, 1.807) is 19.3 Å². The van der Waals surface area contributed by atoms with Gasteiger partial charge in [0.05, 0.1) is 19.6 Å². The highest BCUT2D eigenvalue weighted by molar-refractivity contribution is 5.73. The fourth-order valence-electron chi connectivity index (χ4n) is 3.29. The Morgan fingerprint density at radius 3 is 2.47 bits per heavy atom. The molecule has 2 aromatic carbocycles. The van der Waals surface area contributed by atoms with Gasteiger partial charge in [-0.05, 0) is 55.5 Å². The lowest BCUT2D eigenvalue weighted by Gasteiger charge is -2.07. The third kappa shape index (κ3) is 5.91. The Labute approximate surface area is 197 Å². The maximum atomic E-state index is 10.8. The number of aliphatic hydroxyl groups excluding tert-OH is 1. The van der Waals surface area contributed by atoms with E-state index in [2.05, 4.69) is 22.0 Å². The van der Waals surface area contributed by atoms with Crippen LogP contribution in [0.15, 0.2) is 71.5 Å². The number of hydrogen-bond acceptors (Lipinski definition) is 6. The van der Waals surface area contributed by atoms with Crippen LogP contribution in [-0.2, 0) is 11.3 Å². The molecule has 172 valence electrons. The van der Waals surface area contributed by atoms with Crippen molar-refractivity contribution in [3.05, 3.63) is 89.6 Å². The summed E-state index contributed by atoms with van der Waals surface area (Å²) in [5, 5.41) is 13.9. The van der Waals surface area contributed by atoms with E-state index in [4.69, 9.17) is 15.0 Å². The predicted molar refractivity (Wildman–Crippen MR) is 126 cm³/mol. The second-order valence-electron chi connectivity index (χ2n) is 7.69. The molecular formula is C26H24N4O4. The molecule has 0 saturated heterocycles. The number of carbonyl (C=O) groups is 1. The third-order valence-electron chi connectivity index (χ3n) is 5.00. The Balaban J connectivity index is 1.37. The number of imidazole rings is 1. The van der Waals surface area contributed by atoms with E-state index < -0.39 is 12.0 Å². The number of carbonyl (C=O) groups excluding carboxylic acids is 1. The van der Waals surface area contributed by atoms with Gasteiger partial charge in [-0.2, -0.15) is 0 Å². The Hall–Kier alpha value is -4.35. The average Bonchev–Trinajstić information content (AvgIpc) is 3.49. The van der Waals surface area contributed by atoms with Crippen LogP contribution in [0.25, 0.3) is 11.3 Å². The highest BCUT2D eigenvalue weighted by atomic mass is 16.5. The predicted octanol–water partition coefficient (Wildman–Crippen LogP) is 3.29. The molecule has 0 aliphatic heterocycles. The molecule has 8 nitrogen and oxygen atoms in total. The van der Waals surface area contributed by atoms with Crippen LogP contribution in [0.3, 0.4) is 0 Å². The van der Waals surface area contributed by atoms with E-state index >= 15 is 0 Å². The molecular weight excluding hydrogens is 432 g/mol. The maximum Gasteiger partial charge on any atom is 0.220 e. The number of aliphatic hydroxyl groups is 1. The summed E-state index contributed by atoms with van der Waals surface area (Å²) in [5.41, 5.74) is 8.45. The van der Waals surface area contributed by atoms with E-state index in [0.29, 0.717) is 23.9 Å². The van der Waals surface area contributed by atoms with Crippen LogP contribution >= 0.6 is 0 Å². The van der Waals surface area contributed by atoms with E-state index in [1.807, 2.05) is 59.2 Å². The van der Waals surface area contributed by atoms with Crippen LogP contribution in [-0.4, -0.2) is 32.3 Å². The van der Waals surface area contributed by atoms with Gasteiger partial charge < -0.3 is 24.7 Å². The molecule has 0 spiro atoms. The van der Waals surface area contributed by atoms with Gasteiger partial charge in [-0.1, -0.05) is 17.0 Å². The van der Waals surface area contributed by atoms with Crippen LogP contribution < -0.4 is 10.5 Å². The Morgan fingerprint density at radius 1 is 1.15 bits per heavy atom. The normalized spacial score (nSPS) is 11.5. The number of benzene rings is 2. The van der Waals surface area contributed by atoms with Crippen LogP contribution in [0.2, 0.25) is 0 Å². The van der Waals surface area contributed by atoms with Crippen molar-refractivity contribution in [3.63, 3.8) is 0 Å².